The maximum absolute atomic E-state index is 13.1. The van der Waals surface area contributed by atoms with Crippen molar-refractivity contribution in [2.45, 2.75) is 39.2 Å². The van der Waals surface area contributed by atoms with Crippen LogP contribution in [0.15, 0.2) is 29.3 Å². The topological polar surface area (TPSA) is 60.4 Å². The molecule has 2 saturated heterocycles. The minimum absolute atomic E-state index is 0. The van der Waals surface area contributed by atoms with Crippen LogP contribution in [0.3, 0.4) is 0 Å². The van der Waals surface area contributed by atoms with Gasteiger partial charge in [0.1, 0.15) is 5.82 Å². The summed E-state index contributed by atoms with van der Waals surface area (Å²) in [6, 6.07) is 6.54. The molecule has 2 aliphatic heterocycles. The summed E-state index contributed by atoms with van der Waals surface area (Å²) in [7, 11) is 0. The first-order valence-electron chi connectivity index (χ1n) is 11.5. The van der Waals surface area contributed by atoms with E-state index in [0.29, 0.717) is 32.2 Å². The Morgan fingerprint density at radius 3 is 2.31 bits per heavy atom. The molecule has 0 atom stereocenters. The molecule has 1 N–H and O–H groups in total. The van der Waals surface area contributed by atoms with Crippen LogP contribution in [-0.4, -0.2) is 86.7 Å². The highest BCUT2D eigenvalue weighted by molar-refractivity contribution is 14.0. The van der Waals surface area contributed by atoms with Crippen LogP contribution in [0.4, 0.5) is 10.1 Å². The molecule has 0 aromatic heterocycles. The fourth-order valence-corrected chi connectivity index (χ4v) is 4.18. The third-order valence-electron chi connectivity index (χ3n) is 5.89. The monoisotopic (exact) mass is 561 g/mol. The average molecular weight is 561 g/mol. The predicted molar refractivity (Wildman–Crippen MR) is 137 cm³/mol. The van der Waals surface area contributed by atoms with Gasteiger partial charge in [-0.1, -0.05) is 0 Å². The maximum Gasteiger partial charge on any atom is 0.224 e. The van der Waals surface area contributed by atoms with Crippen LogP contribution in [0.2, 0.25) is 0 Å². The minimum atomic E-state index is -0.228. The van der Waals surface area contributed by atoms with Crippen molar-refractivity contribution in [2.75, 3.05) is 63.9 Å². The van der Waals surface area contributed by atoms with E-state index >= 15 is 0 Å². The van der Waals surface area contributed by atoms with Crippen LogP contribution in [-0.2, 0) is 9.53 Å². The predicted octanol–water partition coefficient (Wildman–Crippen LogP) is 2.95. The number of amides is 1. The van der Waals surface area contributed by atoms with E-state index in [1.54, 1.807) is 12.1 Å². The number of guanidine groups is 1. The van der Waals surface area contributed by atoms with Gasteiger partial charge in [0.2, 0.25) is 5.91 Å². The Hall–Kier alpha value is -1.62. The highest BCUT2D eigenvalue weighted by Gasteiger charge is 2.23. The van der Waals surface area contributed by atoms with E-state index in [1.165, 1.54) is 12.1 Å². The number of aliphatic imine (C=N–C) groups is 1. The highest BCUT2D eigenvalue weighted by Crippen LogP contribution is 2.17. The Bertz CT molecular complexity index is 718. The number of piperazine rings is 1. The number of nitrogens with one attached hydrogen (secondary N) is 1. The van der Waals surface area contributed by atoms with Crippen molar-refractivity contribution in [1.29, 1.82) is 0 Å². The van der Waals surface area contributed by atoms with Crippen molar-refractivity contribution in [2.24, 2.45) is 4.99 Å². The molecule has 0 saturated carbocycles. The number of hydrogen-bond donors (Lipinski definition) is 1. The van der Waals surface area contributed by atoms with Gasteiger partial charge in [-0.15, -0.1) is 24.0 Å². The second-order valence-electron chi connectivity index (χ2n) is 7.97. The van der Waals surface area contributed by atoms with Gasteiger partial charge in [0.25, 0.3) is 0 Å². The number of carbonyl (C=O) groups excluding carboxylic acids is 1. The van der Waals surface area contributed by atoms with Crippen molar-refractivity contribution >= 4 is 41.5 Å². The van der Waals surface area contributed by atoms with Crippen molar-refractivity contribution in [3.8, 4) is 0 Å². The molecule has 2 fully saturated rings. The van der Waals surface area contributed by atoms with Gasteiger partial charge in [0.05, 0.1) is 12.6 Å². The lowest BCUT2D eigenvalue weighted by Gasteiger charge is -2.36. The Morgan fingerprint density at radius 2 is 1.72 bits per heavy atom. The van der Waals surface area contributed by atoms with E-state index in [0.717, 1.165) is 63.8 Å². The minimum Gasteiger partial charge on any atom is -0.378 e. The number of carbonyl (C=O) groups is 1. The molecule has 32 heavy (non-hydrogen) atoms. The quantitative estimate of drug-likeness (QED) is 0.315. The zero-order valence-corrected chi connectivity index (χ0v) is 21.6. The second kappa shape index (κ2) is 13.8. The Kier molecular flexibility index (Phi) is 11.5. The van der Waals surface area contributed by atoms with Crippen LogP contribution in [0.1, 0.15) is 33.1 Å². The molecule has 9 heteroatoms. The van der Waals surface area contributed by atoms with Crippen LogP contribution >= 0.6 is 24.0 Å². The zero-order chi connectivity index (χ0) is 22.1. The van der Waals surface area contributed by atoms with Crippen molar-refractivity contribution in [1.82, 2.24) is 15.1 Å². The van der Waals surface area contributed by atoms with Crippen molar-refractivity contribution in [3.63, 3.8) is 0 Å². The molecule has 1 aromatic rings. The third kappa shape index (κ3) is 7.75. The number of anilines is 1. The number of nitrogens with zero attached hydrogens (tertiary/aromatic N) is 4. The molecule has 1 aromatic carbocycles. The number of halogens is 2. The van der Waals surface area contributed by atoms with E-state index in [4.69, 9.17) is 9.73 Å². The summed E-state index contributed by atoms with van der Waals surface area (Å²) < 4.78 is 18.9. The average Bonchev–Trinajstić information content (AvgIpc) is 2.80. The summed E-state index contributed by atoms with van der Waals surface area (Å²) in [5, 5.41) is 3.36. The lowest BCUT2D eigenvalue weighted by Crippen LogP contribution is -2.49. The molecule has 0 aliphatic carbocycles. The van der Waals surface area contributed by atoms with Gasteiger partial charge in [-0.25, -0.2) is 4.39 Å². The van der Waals surface area contributed by atoms with Gasteiger partial charge < -0.3 is 24.8 Å². The molecule has 7 nitrogen and oxygen atoms in total. The van der Waals surface area contributed by atoms with Crippen LogP contribution in [0.25, 0.3) is 0 Å². The standard InChI is InChI=1S/C23H36FN5O2.HI/c1-3-25-23(29-13-10-21(11-14-29)31-4-2)26-12-9-22(30)28-17-15-27(16-18-28)20-7-5-19(24)6-8-20;/h5-8,21H,3-4,9-18H2,1-2H3,(H,25,26);1H. The molecule has 2 aliphatic rings. The van der Waals surface area contributed by atoms with Gasteiger partial charge in [-0.05, 0) is 51.0 Å². The normalized spacial score (nSPS) is 17.8. The summed E-state index contributed by atoms with van der Waals surface area (Å²) in [6.07, 6.45) is 2.78. The molecule has 1 amide bonds. The SMILES string of the molecule is CCNC(=NCCC(=O)N1CCN(c2ccc(F)cc2)CC1)N1CCC(OCC)CC1.I. The Labute approximate surface area is 208 Å². The molecule has 180 valence electrons. The molecule has 0 radical (unpaired) electrons. The van der Waals surface area contributed by atoms with Gasteiger partial charge in [0.15, 0.2) is 5.96 Å². The summed E-state index contributed by atoms with van der Waals surface area (Å²) in [5.74, 6) is 0.813. The first-order chi connectivity index (χ1) is 15.1. The molecular formula is C23H37FIN5O2. The van der Waals surface area contributed by atoms with E-state index in [9.17, 15) is 9.18 Å². The smallest absolute Gasteiger partial charge is 0.224 e. The maximum atomic E-state index is 13.1. The third-order valence-corrected chi connectivity index (χ3v) is 5.89. The van der Waals surface area contributed by atoms with E-state index in [-0.39, 0.29) is 35.7 Å². The summed E-state index contributed by atoms with van der Waals surface area (Å²) in [4.78, 5) is 23.7. The molecule has 0 bridgehead atoms. The lowest BCUT2D eigenvalue weighted by atomic mass is 10.1. The Balaban J connectivity index is 0.00000363. The molecule has 0 spiro atoms. The largest absolute Gasteiger partial charge is 0.378 e. The first kappa shape index (κ1) is 26.6. The van der Waals surface area contributed by atoms with Gasteiger partial charge in [0, 0.05) is 64.5 Å². The van der Waals surface area contributed by atoms with Crippen molar-refractivity contribution < 1.29 is 13.9 Å². The van der Waals surface area contributed by atoms with Crippen molar-refractivity contribution in [3.05, 3.63) is 30.1 Å². The van der Waals surface area contributed by atoms with Crippen LogP contribution in [0, 0.1) is 5.82 Å². The lowest BCUT2D eigenvalue weighted by molar-refractivity contribution is -0.131. The number of likely N-dealkylation sites (tertiary alicyclic amines) is 1. The first-order valence-corrected chi connectivity index (χ1v) is 11.5. The number of ether oxygens (including phenoxy) is 1. The fraction of sp³-hybridized carbons (Fsp3) is 0.652. The second-order valence-corrected chi connectivity index (χ2v) is 7.97. The number of piperidine rings is 1. The van der Waals surface area contributed by atoms with E-state index in [1.807, 2.05) is 11.8 Å². The number of hydrogen-bond acceptors (Lipinski definition) is 4. The van der Waals surface area contributed by atoms with Gasteiger partial charge in [-0.3, -0.25) is 9.79 Å². The highest BCUT2D eigenvalue weighted by atomic mass is 127. The fourth-order valence-electron chi connectivity index (χ4n) is 4.18. The van der Waals surface area contributed by atoms with E-state index in [2.05, 4.69) is 22.0 Å². The van der Waals surface area contributed by atoms with Crippen LogP contribution in [0.5, 0.6) is 0 Å². The molecule has 0 unspecified atom stereocenters. The zero-order valence-electron chi connectivity index (χ0n) is 19.3. The number of benzene rings is 1. The van der Waals surface area contributed by atoms with Gasteiger partial charge >= 0.3 is 0 Å². The Morgan fingerprint density at radius 1 is 1.06 bits per heavy atom. The number of rotatable bonds is 7. The summed E-state index contributed by atoms with van der Waals surface area (Å²) >= 11 is 0. The molecular weight excluding hydrogens is 524 g/mol. The van der Waals surface area contributed by atoms with Gasteiger partial charge in [-0.2, -0.15) is 0 Å². The molecule has 2 heterocycles. The molecule has 3 rings (SSSR count). The van der Waals surface area contributed by atoms with E-state index < -0.39 is 0 Å². The van der Waals surface area contributed by atoms with Crippen LogP contribution < -0.4 is 10.2 Å². The summed E-state index contributed by atoms with van der Waals surface area (Å²) in [5.41, 5.74) is 1.00. The summed E-state index contributed by atoms with van der Waals surface area (Å²) in [6.45, 7) is 10.9.